The van der Waals surface area contributed by atoms with Gasteiger partial charge < -0.3 is 19.8 Å². The molecule has 28 heavy (non-hydrogen) atoms. The zero-order valence-electron chi connectivity index (χ0n) is 15.0. The lowest BCUT2D eigenvalue weighted by Gasteiger charge is -2.07. The minimum Gasteiger partial charge on any atom is -0.452 e. The van der Waals surface area contributed by atoms with Crippen LogP contribution >= 0.6 is 0 Å². The lowest BCUT2D eigenvalue weighted by atomic mass is 10.2. The third-order valence-corrected chi connectivity index (χ3v) is 3.65. The minimum absolute atomic E-state index is 0.258. The van der Waals surface area contributed by atoms with Crippen LogP contribution in [0.2, 0.25) is 0 Å². The smallest absolute Gasteiger partial charge is 0.331 e. The van der Waals surface area contributed by atoms with Crippen LogP contribution in [0.4, 0.5) is 5.69 Å². The Balaban J connectivity index is 1.51. The van der Waals surface area contributed by atoms with E-state index in [0.717, 1.165) is 6.08 Å². The quantitative estimate of drug-likeness (QED) is 0.503. The first-order valence-corrected chi connectivity index (χ1v) is 8.37. The first-order valence-electron chi connectivity index (χ1n) is 8.37. The monoisotopic (exact) mass is 379 g/mol. The molecule has 1 aromatic heterocycles. The van der Waals surface area contributed by atoms with Gasteiger partial charge in [0.25, 0.3) is 11.8 Å². The number of nitrogens with zero attached hydrogens (tertiary/aromatic N) is 1. The number of rotatable bonds is 6. The Bertz CT molecular complexity index is 1020. The van der Waals surface area contributed by atoms with Crippen molar-refractivity contribution < 1.29 is 23.5 Å². The minimum atomic E-state index is -0.712. The van der Waals surface area contributed by atoms with Crippen molar-refractivity contribution in [3.8, 4) is 0 Å². The predicted molar refractivity (Wildman–Crippen MR) is 102 cm³/mol. The van der Waals surface area contributed by atoms with E-state index in [1.165, 1.54) is 19.2 Å². The van der Waals surface area contributed by atoms with Gasteiger partial charge in [0.2, 0.25) is 5.89 Å². The average Bonchev–Trinajstić information content (AvgIpc) is 3.13. The largest absolute Gasteiger partial charge is 0.452 e. The lowest BCUT2D eigenvalue weighted by Crippen LogP contribution is -2.21. The number of hydrogen-bond donors (Lipinski definition) is 2. The molecule has 2 amide bonds. The van der Waals surface area contributed by atoms with Gasteiger partial charge in [0.1, 0.15) is 5.52 Å². The molecule has 3 rings (SSSR count). The summed E-state index contributed by atoms with van der Waals surface area (Å²) in [5.74, 6) is -1.25. The molecule has 142 valence electrons. The van der Waals surface area contributed by atoms with Crippen molar-refractivity contribution in [3.05, 3.63) is 66.1 Å². The maximum atomic E-state index is 11.9. The number of nitrogens with one attached hydrogen (secondary N) is 2. The molecule has 0 saturated heterocycles. The van der Waals surface area contributed by atoms with Crippen molar-refractivity contribution in [2.45, 2.75) is 0 Å². The molecule has 0 aliphatic heterocycles. The SMILES string of the molecule is CNC(=O)c1cccc(NC(=O)COC(=O)/C=C/c2nc3ccccc3o2)c1. The molecule has 2 N–H and O–H groups in total. The number of ether oxygens (including phenoxy) is 1. The Morgan fingerprint density at radius 2 is 1.96 bits per heavy atom. The molecule has 0 aliphatic carbocycles. The number of oxazole rings is 1. The van der Waals surface area contributed by atoms with E-state index in [1.54, 1.807) is 30.3 Å². The maximum absolute atomic E-state index is 11.9. The van der Waals surface area contributed by atoms with E-state index in [9.17, 15) is 14.4 Å². The summed E-state index contributed by atoms with van der Waals surface area (Å²) in [4.78, 5) is 39.5. The Hall–Kier alpha value is -3.94. The fraction of sp³-hybridized carbons (Fsp3) is 0.100. The third-order valence-electron chi connectivity index (χ3n) is 3.65. The van der Waals surface area contributed by atoms with Gasteiger partial charge in [-0.25, -0.2) is 9.78 Å². The molecule has 0 bridgehead atoms. The van der Waals surface area contributed by atoms with Crippen LogP contribution in [-0.4, -0.2) is 36.4 Å². The van der Waals surface area contributed by atoms with Crippen molar-refractivity contribution in [2.24, 2.45) is 0 Å². The van der Waals surface area contributed by atoms with E-state index >= 15 is 0 Å². The number of aromatic nitrogens is 1. The van der Waals surface area contributed by atoms with Crippen LogP contribution in [-0.2, 0) is 14.3 Å². The van der Waals surface area contributed by atoms with Crippen LogP contribution in [0.1, 0.15) is 16.2 Å². The number of carbonyl (C=O) groups excluding carboxylic acids is 3. The summed E-state index contributed by atoms with van der Waals surface area (Å²) in [5, 5.41) is 5.05. The van der Waals surface area contributed by atoms with Gasteiger partial charge in [0.05, 0.1) is 0 Å². The molecular weight excluding hydrogens is 362 g/mol. The molecule has 0 fully saturated rings. The van der Waals surface area contributed by atoms with Gasteiger partial charge in [0, 0.05) is 30.5 Å². The molecule has 2 aromatic carbocycles. The van der Waals surface area contributed by atoms with Crippen LogP contribution in [0.15, 0.2) is 59.0 Å². The van der Waals surface area contributed by atoms with Crippen LogP contribution in [0.5, 0.6) is 0 Å². The number of carbonyl (C=O) groups is 3. The first kappa shape index (κ1) is 18.8. The van der Waals surface area contributed by atoms with Crippen molar-refractivity contribution in [1.29, 1.82) is 0 Å². The van der Waals surface area contributed by atoms with E-state index in [1.807, 2.05) is 12.1 Å². The molecular formula is C20H17N3O5. The fourth-order valence-electron chi connectivity index (χ4n) is 2.37. The Morgan fingerprint density at radius 3 is 2.75 bits per heavy atom. The van der Waals surface area contributed by atoms with E-state index in [4.69, 9.17) is 9.15 Å². The summed E-state index contributed by atoms with van der Waals surface area (Å²) < 4.78 is 10.3. The fourth-order valence-corrected chi connectivity index (χ4v) is 2.37. The summed E-state index contributed by atoms with van der Waals surface area (Å²) in [6, 6.07) is 13.6. The second-order valence-corrected chi connectivity index (χ2v) is 5.67. The molecule has 3 aromatic rings. The van der Waals surface area contributed by atoms with Crippen LogP contribution in [0.25, 0.3) is 17.2 Å². The highest BCUT2D eigenvalue weighted by atomic mass is 16.5. The van der Waals surface area contributed by atoms with Crippen molar-refractivity contribution in [1.82, 2.24) is 10.3 Å². The summed E-state index contributed by atoms with van der Waals surface area (Å²) >= 11 is 0. The molecule has 8 heteroatoms. The standard InChI is InChI=1S/C20H17N3O5/c1-21-20(26)13-5-4-6-14(11-13)22-17(24)12-27-19(25)10-9-18-23-15-7-2-3-8-16(15)28-18/h2-11H,12H2,1H3,(H,21,26)(H,22,24)/b10-9+. The van der Waals surface area contributed by atoms with Gasteiger partial charge in [-0.1, -0.05) is 18.2 Å². The van der Waals surface area contributed by atoms with E-state index in [2.05, 4.69) is 15.6 Å². The van der Waals surface area contributed by atoms with Gasteiger partial charge in [-0.05, 0) is 30.3 Å². The molecule has 0 radical (unpaired) electrons. The molecule has 0 spiro atoms. The molecule has 0 atom stereocenters. The second-order valence-electron chi connectivity index (χ2n) is 5.67. The maximum Gasteiger partial charge on any atom is 0.331 e. The van der Waals surface area contributed by atoms with Gasteiger partial charge in [-0.2, -0.15) is 0 Å². The van der Waals surface area contributed by atoms with E-state index < -0.39 is 18.5 Å². The molecule has 0 aliphatic rings. The average molecular weight is 379 g/mol. The van der Waals surface area contributed by atoms with Gasteiger partial charge in [-0.3, -0.25) is 9.59 Å². The van der Waals surface area contributed by atoms with Gasteiger partial charge >= 0.3 is 5.97 Å². The molecule has 0 saturated carbocycles. The number of para-hydroxylation sites is 2. The Kier molecular flexibility index (Phi) is 5.81. The molecule has 0 unspecified atom stereocenters. The number of amides is 2. The number of fused-ring (bicyclic) bond motifs is 1. The van der Waals surface area contributed by atoms with E-state index in [-0.39, 0.29) is 11.8 Å². The summed E-state index contributed by atoms with van der Waals surface area (Å²) in [5.41, 5.74) is 2.10. The van der Waals surface area contributed by atoms with Gasteiger partial charge in [0.15, 0.2) is 12.2 Å². The normalized spacial score (nSPS) is 10.8. The van der Waals surface area contributed by atoms with E-state index in [0.29, 0.717) is 22.4 Å². The number of hydrogen-bond acceptors (Lipinski definition) is 6. The highest BCUT2D eigenvalue weighted by Gasteiger charge is 2.09. The second kappa shape index (κ2) is 8.63. The first-order chi connectivity index (χ1) is 13.5. The van der Waals surface area contributed by atoms with Crippen molar-refractivity contribution >= 4 is 40.6 Å². The highest BCUT2D eigenvalue weighted by Crippen LogP contribution is 2.15. The lowest BCUT2D eigenvalue weighted by molar-refractivity contribution is -0.142. The van der Waals surface area contributed by atoms with Gasteiger partial charge in [-0.15, -0.1) is 0 Å². The summed E-state index contributed by atoms with van der Waals surface area (Å²) in [6.07, 6.45) is 2.50. The Morgan fingerprint density at radius 1 is 1.14 bits per heavy atom. The zero-order chi connectivity index (χ0) is 19.9. The van der Waals surface area contributed by atoms with Crippen molar-refractivity contribution in [3.63, 3.8) is 0 Å². The third kappa shape index (κ3) is 4.82. The molecule has 1 heterocycles. The van der Waals surface area contributed by atoms with Crippen LogP contribution < -0.4 is 10.6 Å². The number of esters is 1. The molecule has 8 nitrogen and oxygen atoms in total. The zero-order valence-corrected chi connectivity index (χ0v) is 15.0. The summed E-state index contributed by atoms with van der Waals surface area (Å²) in [7, 11) is 1.52. The van der Waals surface area contributed by atoms with Crippen LogP contribution in [0.3, 0.4) is 0 Å². The van der Waals surface area contributed by atoms with Crippen molar-refractivity contribution in [2.75, 3.05) is 19.0 Å². The number of anilines is 1. The topological polar surface area (TPSA) is 111 Å². The number of benzene rings is 2. The summed E-state index contributed by atoms with van der Waals surface area (Å²) in [6.45, 7) is -0.471. The Labute approximate surface area is 160 Å². The highest BCUT2D eigenvalue weighted by molar-refractivity contribution is 5.98. The predicted octanol–water partition coefficient (Wildman–Crippen LogP) is 2.38. The van der Waals surface area contributed by atoms with Crippen LogP contribution in [0, 0.1) is 0 Å².